The van der Waals surface area contributed by atoms with Crippen LogP contribution in [0.25, 0.3) is 0 Å². The normalized spacial score (nSPS) is 27.1. The van der Waals surface area contributed by atoms with Gasteiger partial charge in [-0.1, -0.05) is 12.1 Å². The van der Waals surface area contributed by atoms with Crippen molar-refractivity contribution >= 4 is 6.09 Å². The molecule has 0 spiro atoms. The molecule has 0 aromatic heterocycles. The van der Waals surface area contributed by atoms with Gasteiger partial charge in [0.1, 0.15) is 11.9 Å². The van der Waals surface area contributed by atoms with Crippen LogP contribution in [0, 0.1) is 0 Å². The molecule has 0 radical (unpaired) electrons. The zero-order chi connectivity index (χ0) is 11.8. The van der Waals surface area contributed by atoms with Crippen molar-refractivity contribution < 1.29 is 14.6 Å². The minimum absolute atomic E-state index is 0.0280. The number of phenols is 1. The van der Waals surface area contributed by atoms with E-state index in [0.717, 1.165) is 18.7 Å². The fourth-order valence-electron chi connectivity index (χ4n) is 2.44. The molecule has 2 aliphatic rings. The first-order valence-electron chi connectivity index (χ1n) is 5.70. The van der Waals surface area contributed by atoms with Crippen LogP contribution in [0.5, 0.6) is 5.75 Å². The molecule has 2 atom stereocenters. The van der Waals surface area contributed by atoms with E-state index in [1.54, 1.807) is 23.1 Å². The van der Waals surface area contributed by atoms with Crippen LogP contribution >= 0.6 is 0 Å². The van der Waals surface area contributed by atoms with Gasteiger partial charge in [0, 0.05) is 19.6 Å². The Balaban J connectivity index is 1.78. The van der Waals surface area contributed by atoms with Gasteiger partial charge in [0.05, 0.1) is 6.04 Å². The number of aromatic hydroxyl groups is 1. The lowest BCUT2D eigenvalue weighted by molar-refractivity contribution is 0.133. The molecule has 5 heteroatoms. The summed E-state index contributed by atoms with van der Waals surface area (Å²) in [6.45, 7) is 1.98. The van der Waals surface area contributed by atoms with Crippen LogP contribution in [-0.2, 0) is 11.3 Å². The first-order valence-corrected chi connectivity index (χ1v) is 5.70. The van der Waals surface area contributed by atoms with Gasteiger partial charge < -0.3 is 15.2 Å². The number of benzene rings is 1. The lowest BCUT2D eigenvalue weighted by Gasteiger charge is -2.19. The van der Waals surface area contributed by atoms with Gasteiger partial charge in [-0.2, -0.15) is 0 Å². The number of carbonyl (C=O) groups excluding carboxylic acids is 1. The average molecular weight is 234 g/mol. The number of ether oxygens (including phenoxy) is 1. The number of nitrogens with zero attached hydrogens (tertiary/aromatic N) is 1. The maximum Gasteiger partial charge on any atom is 0.410 e. The van der Waals surface area contributed by atoms with Gasteiger partial charge in [0.2, 0.25) is 0 Å². The molecule has 0 saturated carbocycles. The largest absolute Gasteiger partial charge is 0.508 e. The zero-order valence-electron chi connectivity index (χ0n) is 9.30. The van der Waals surface area contributed by atoms with E-state index in [0.29, 0.717) is 6.54 Å². The smallest absolute Gasteiger partial charge is 0.410 e. The van der Waals surface area contributed by atoms with Gasteiger partial charge in [0.25, 0.3) is 0 Å². The monoisotopic (exact) mass is 234 g/mol. The van der Waals surface area contributed by atoms with Crippen molar-refractivity contribution in [3.05, 3.63) is 29.8 Å². The number of carbonyl (C=O) groups is 1. The number of phenolic OH excluding ortho intramolecular Hbond substituents is 1. The number of nitrogens with one attached hydrogen (secondary N) is 1. The molecule has 0 bridgehead atoms. The first kappa shape index (κ1) is 10.4. The molecule has 1 aromatic carbocycles. The maximum absolute atomic E-state index is 11.7. The van der Waals surface area contributed by atoms with Crippen molar-refractivity contribution in [2.75, 3.05) is 13.1 Å². The molecule has 1 amide bonds. The van der Waals surface area contributed by atoms with Crippen LogP contribution in [0.2, 0.25) is 0 Å². The first-order chi connectivity index (χ1) is 8.24. The van der Waals surface area contributed by atoms with Gasteiger partial charge in [-0.25, -0.2) is 4.79 Å². The Hall–Kier alpha value is -1.75. The molecule has 2 fully saturated rings. The molecule has 17 heavy (non-hydrogen) atoms. The summed E-state index contributed by atoms with van der Waals surface area (Å²) < 4.78 is 5.26. The fourth-order valence-corrected chi connectivity index (χ4v) is 2.44. The van der Waals surface area contributed by atoms with Crippen molar-refractivity contribution in [3.63, 3.8) is 0 Å². The van der Waals surface area contributed by atoms with Crippen molar-refractivity contribution in [2.45, 2.75) is 18.7 Å². The Labute approximate surface area is 99.0 Å². The molecule has 5 nitrogen and oxygen atoms in total. The average Bonchev–Trinajstić information content (AvgIpc) is 2.83. The van der Waals surface area contributed by atoms with E-state index in [9.17, 15) is 9.90 Å². The van der Waals surface area contributed by atoms with Gasteiger partial charge in [-0.05, 0) is 17.7 Å². The molecule has 0 aliphatic carbocycles. The Morgan fingerprint density at radius 2 is 2.35 bits per heavy atom. The minimum Gasteiger partial charge on any atom is -0.508 e. The summed E-state index contributed by atoms with van der Waals surface area (Å²) in [4.78, 5) is 13.4. The second-order valence-corrected chi connectivity index (χ2v) is 4.45. The van der Waals surface area contributed by atoms with Crippen LogP contribution in [0.15, 0.2) is 24.3 Å². The predicted octanol–water partition coefficient (Wildman–Crippen LogP) is 0.685. The minimum atomic E-state index is -0.259. The summed E-state index contributed by atoms with van der Waals surface area (Å²) >= 11 is 0. The summed E-state index contributed by atoms with van der Waals surface area (Å²) in [6, 6.07) is 7.07. The molecule has 3 rings (SSSR count). The summed E-state index contributed by atoms with van der Waals surface area (Å²) in [7, 11) is 0. The molecule has 1 aromatic rings. The predicted molar refractivity (Wildman–Crippen MR) is 60.6 cm³/mol. The molecular formula is C12H14N2O3. The number of hydrogen-bond donors (Lipinski definition) is 2. The third-order valence-electron chi connectivity index (χ3n) is 3.28. The summed E-state index contributed by atoms with van der Waals surface area (Å²) in [5.74, 6) is 0.219. The molecule has 2 heterocycles. The van der Waals surface area contributed by atoms with Gasteiger partial charge in [-0.3, -0.25) is 4.90 Å². The summed E-state index contributed by atoms with van der Waals surface area (Å²) in [5.41, 5.74) is 0.912. The second kappa shape index (κ2) is 3.92. The summed E-state index contributed by atoms with van der Waals surface area (Å²) in [6.07, 6.45) is -0.287. The van der Waals surface area contributed by atoms with Crippen molar-refractivity contribution in [3.8, 4) is 5.75 Å². The molecule has 2 aliphatic heterocycles. The fraction of sp³-hybridized carbons (Fsp3) is 0.417. The molecule has 90 valence electrons. The van der Waals surface area contributed by atoms with E-state index < -0.39 is 0 Å². The van der Waals surface area contributed by atoms with Gasteiger partial charge in [0.15, 0.2) is 0 Å². The third-order valence-corrected chi connectivity index (χ3v) is 3.28. The van der Waals surface area contributed by atoms with Crippen molar-refractivity contribution in [1.29, 1.82) is 0 Å². The number of hydrogen-bond acceptors (Lipinski definition) is 4. The van der Waals surface area contributed by atoms with Crippen LogP contribution in [-0.4, -0.2) is 41.3 Å². The van der Waals surface area contributed by atoms with Crippen LogP contribution in [0.1, 0.15) is 5.56 Å². The Bertz CT molecular complexity index is 449. The van der Waals surface area contributed by atoms with Crippen LogP contribution < -0.4 is 5.32 Å². The standard InChI is InChI=1S/C12H14N2O3/c15-9-3-1-2-8(4-9)7-14-10-5-13-6-11(10)17-12(14)16/h1-4,10-11,13,15H,5-7H2. The van der Waals surface area contributed by atoms with E-state index >= 15 is 0 Å². The topological polar surface area (TPSA) is 61.8 Å². The summed E-state index contributed by atoms with van der Waals surface area (Å²) in [5, 5.41) is 12.6. The number of rotatable bonds is 2. The molecule has 2 N–H and O–H groups in total. The van der Waals surface area contributed by atoms with Gasteiger partial charge >= 0.3 is 6.09 Å². The highest BCUT2D eigenvalue weighted by Crippen LogP contribution is 2.25. The van der Waals surface area contributed by atoms with E-state index in [1.165, 1.54) is 0 Å². The van der Waals surface area contributed by atoms with E-state index in [4.69, 9.17) is 4.74 Å². The second-order valence-electron chi connectivity index (χ2n) is 4.45. The molecule has 2 saturated heterocycles. The zero-order valence-corrected chi connectivity index (χ0v) is 9.30. The van der Waals surface area contributed by atoms with Crippen molar-refractivity contribution in [2.24, 2.45) is 0 Å². The SMILES string of the molecule is O=C1OC2CNCC2N1Cc1cccc(O)c1. The third kappa shape index (κ3) is 1.82. The van der Waals surface area contributed by atoms with E-state index in [1.807, 2.05) is 6.07 Å². The lowest BCUT2D eigenvalue weighted by Crippen LogP contribution is -2.36. The van der Waals surface area contributed by atoms with E-state index in [2.05, 4.69) is 5.32 Å². The van der Waals surface area contributed by atoms with E-state index in [-0.39, 0.29) is 24.0 Å². The Kier molecular flexibility index (Phi) is 2.40. The maximum atomic E-state index is 11.7. The highest BCUT2D eigenvalue weighted by molar-refractivity contribution is 5.71. The quantitative estimate of drug-likeness (QED) is 0.790. The Morgan fingerprint density at radius 1 is 1.47 bits per heavy atom. The molecule has 2 unspecified atom stereocenters. The number of amides is 1. The highest BCUT2D eigenvalue weighted by Gasteiger charge is 2.44. The van der Waals surface area contributed by atoms with Crippen LogP contribution in [0.4, 0.5) is 4.79 Å². The highest BCUT2D eigenvalue weighted by atomic mass is 16.6. The molecular weight excluding hydrogens is 220 g/mol. The lowest BCUT2D eigenvalue weighted by atomic mass is 10.1. The van der Waals surface area contributed by atoms with Crippen molar-refractivity contribution in [1.82, 2.24) is 10.2 Å². The van der Waals surface area contributed by atoms with Gasteiger partial charge in [-0.15, -0.1) is 0 Å². The Morgan fingerprint density at radius 3 is 3.18 bits per heavy atom. The van der Waals surface area contributed by atoms with Crippen LogP contribution in [0.3, 0.4) is 0 Å². The number of fused-ring (bicyclic) bond motifs is 1.